The predicted molar refractivity (Wildman–Crippen MR) is 37.7 cm³/mol. The first-order valence-corrected chi connectivity index (χ1v) is 4.01. The van der Waals surface area contributed by atoms with Crippen molar-refractivity contribution in [3.8, 4) is 0 Å². The first-order valence-electron chi connectivity index (χ1n) is 2.86. The highest BCUT2D eigenvalue weighted by atomic mass is 32.2. The van der Waals surface area contributed by atoms with Gasteiger partial charge >= 0.3 is 0 Å². The van der Waals surface area contributed by atoms with Gasteiger partial charge in [-0.2, -0.15) is 11.8 Å². The third kappa shape index (κ3) is 1.37. The highest BCUT2D eigenvalue weighted by molar-refractivity contribution is 7.99. The summed E-state index contributed by atoms with van der Waals surface area (Å²) in [5, 5.41) is 1.82. The molecule has 2 N–H and O–H groups in total. The molecular formula is C5H12N2S. The van der Waals surface area contributed by atoms with E-state index in [0.717, 1.165) is 0 Å². The quantitative estimate of drug-likeness (QED) is 0.411. The summed E-state index contributed by atoms with van der Waals surface area (Å²) in [6.07, 6.45) is 1.26. The zero-order valence-electron chi connectivity index (χ0n) is 5.13. The van der Waals surface area contributed by atoms with E-state index in [4.69, 9.17) is 5.84 Å². The number of rotatable bonds is 1. The summed E-state index contributed by atoms with van der Waals surface area (Å²) in [5.74, 6) is 8.02. The maximum atomic E-state index is 5.52. The van der Waals surface area contributed by atoms with Crippen molar-refractivity contribution >= 4 is 11.8 Å². The van der Waals surface area contributed by atoms with E-state index in [1.54, 1.807) is 0 Å². The Morgan fingerprint density at radius 1 is 1.75 bits per heavy atom. The number of nitrogens with zero attached hydrogens (tertiary/aromatic N) is 1. The van der Waals surface area contributed by atoms with Gasteiger partial charge in [0.05, 0.1) is 0 Å². The van der Waals surface area contributed by atoms with Crippen LogP contribution in [0.4, 0.5) is 0 Å². The summed E-state index contributed by atoms with van der Waals surface area (Å²) < 4.78 is 0. The Hall–Kier alpha value is 0.270. The Morgan fingerprint density at radius 2 is 2.50 bits per heavy atom. The van der Waals surface area contributed by atoms with E-state index in [1.807, 2.05) is 23.8 Å². The molecule has 1 rings (SSSR count). The molecule has 1 fully saturated rings. The minimum absolute atomic E-state index is 0.639. The van der Waals surface area contributed by atoms with E-state index in [2.05, 4.69) is 0 Å². The lowest BCUT2D eigenvalue weighted by atomic mass is 10.3. The van der Waals surface area contributed by atoms with Crippen LogP contribution in [-0.2, 0) is 0 Å². The normalized spacial score (nSPS) is 29.6. The Bertz CT molecular complexity index is 68.8. The van der Waals surface area contributed by atoms with Crippen molar-refractivity contribution in [3.05, 3.63) is 0 Å². The average Bonchev–Trinajstić information content (AvgIpc) is 2.12. The van der Waals surface area contributed by atoms with Gasteiger partial charge in [-0.15, -0.1) is 0 Å². The molecule has 0 bridgehead atoms. The molecule has 8 heavy (non-hydrogen) atoms. The standard InChI is InChI=1S/C5H12N2S/c1-7(6)5-2-3-8-4-5/h5H,2-4,6H2,1H3. The van der Waals surface area contributed by atoms with Crippen LogP contribution in [0.1, 0.15) is 6.42 Å². The molecule has 1 saturated heterocycles. The minimum Gasteiger partial charge on any atom is -0.269 e. The molecule has 1 atom stereocenters. The fourth-order valence-corrected chi connectivity index (χ4v) is 2.12. The van der Waals surface area contributed by atoms with Gasteiger partial charge in [-0.3, -0.25) is 5.84 Å². The van der Waals surface area contributed by atoms with Crippen LogP contribution in [-0.4, -0.2) is 29.6 Å². The Morgan fingerprint density at radius 3 is 2.75 bits per heavy atom. The zero-order valence-corrected chi connectivity index (χ0v) is 5.95. The second-order valence-corrected chi connectivity index (χ2v) is 3.33. The van der Waals surface area contributed by atoms with Gasteiger partial charge in [0, 0.05) is 18.8 Å². The van der Waals surface area contributed by atoms with Crippen molar-refractivity contribution in [1.29, 1.82) is 0 Å². The molecule has 48 valence electrons. The number of thioether (sulfide) groups is 1. The van der Waals surface area contributed by atoms with Crippen LogP contribution in [0.2, 0.25) is 0 Å². The largest absolute Gasteiger partial charge is 0.269 e. The van der Waals surface area contributed by atoms with Gasteiger partial charge in [0.1, 0.15) is 0 Å². The summed E-state index contributed by atoms with van der Waals surface area (Å²) in [7, 11) is 1.94. The lowest BCUT2D eigenvalue weighted by Crippen LogP contribution is -2.37. The van der Waals surface area contributed by atoms with Crippen LogP contribution in [0.15, 0.2) is 0 Å². The molecule has 0 aliphatic carbocycles. The summed E-state index contributed by atoms with van der Waals surface area (Å²) in [6.45, 7) is 0. The molecule has 3 heteroatoms. The zero-order chi connectivity index (χ0) is 5.98. The Labute approximate surface area is 54.4 Å². The molecule has 1 heterocycles. The van der Waals surface area contributed by atoms with Gasteiger partial charge in [0.25, 0.3) is 0 Å². The van der Waals surface area contributed by atoms with Gasteiger partial charge in [0.15, 0.2) is 0 Å². The van der Waals surface area contributed by atoms with Gasteiger partial charge < -0.3 is 0 Å². The fourth-order valence-electron chi connectivity index (χ4n) is 0.843. The molecule has 0 spiro atoms. The second kappa shape index (κ2) is 2.71. The van der Waals surface area contributed by atoms with Crippen LogP contribution in [0, 0.1) is 0 Å². The van der Waals surface area contributed by atoms with E-state index in [0.29, 0.717) is 6.04 Å². The predicted octanol–water partition coefficient (Wildman–Crippen LogP) is 0.297. The summed E-state index contributed by atoms with van der Waals surface area (Å²) in [4.78, 5) is 0. The first kappa shape index (κ1) is 6.39. The topological polar surface area (TPSA) is 29.3 Å². The highest BCUT2D eigenvalue weighted by Crippen LogP contribution is 2.19. The Balaban J connectivity index is 2.24. The third-order valence-electron chi connectivity index (χ3n) is 1.48. The van der Waals surface area contributed by atoms with E-state index in [9.17, 15) is 0 Å². The molecule has 2 nitrogen and oxygen atoms in total. The number of hydrogen-bond donors (Lipinski definition) is 1. The van der Waals surface area contributed by atoms with Gasteiger partial charge in [-0.25, -0.2) is 5.01 Å². The lowest BCUT2D eigenvalue weighted by Gasteiger charge is -2.15. The van der Waals surface area contributed by atoms with Gasteiger partial charge in [-0.1, -0.05) is 0 Å². The maximum Gasteiger partial charge on any atom is 0.0336 e. The minimum atomic E-state index is 0.639. The van der Waals surface area contributed by atoms with Crippen molar-refractivity contribution in [1.82, 2.24) is 5.01 Å². The number of hydrogen-bond acceptors (Lipinski definition) is 3. The highest BCUT2D eigenvalue weighted by Gasteiger charge is 2.16. The van der Waals surface area contributed by atoms with Crippen LogP contribution < -0.4 is 5.84 Å². The summed E-state index contributed by atoms with van der Waals surface area (Å²) in [5.41, 5.74) is 0. The first-order chi connectivity index (χ1) is 3.80. The molecule has 0 aromatic heterocycles. The van der Waals surface area contributed by atoms with E-state index in [1.165, 1.54) is 17.9 Å². The molecule has 1 aliphatic rings. The van der Waals surface area contributed by atoms with E-state index in [-0.39, 0.29) is 0 Å². The van der Waals surface area contributed by atoms with Gasteiger partial charge in [-0.05, 0) is 12.2 Å². The molecule has 1 aliphatic heterocycles. The molecule has 0 amide bonds. The molecule has 0 radical (unpaired) electrons. The van der Waals surface area contributed by atoms with Crippen molar-refractivity contribution < 1.29 is 0 Å². The van der Waals surface area contributed by atoms with Crippen molar-refractivity contribution in [2.24, 2.45) is 5.84 Å². The molecule has 0 aromatic rings. The molecule has 1 unspecified atom stereocenters. The maximum absolute atomic E-state index is 5.52. The van der Waals surface area contributed by atoms with E-state index >= 15 is 0 Å². The second-order valence-electron chi connectivity index (χ2n) is 2.18. The summed E-state index contributed by atoms with van der Waals surface area (Å²) >= 11 is 1.99. The molecule has 0 saturated carbocycles. The number of nitrogens with two attached hydrogens (primary N) is 1. The molecule has 0 aromatic carbocycles. The van der Waals surface area contributed by atoms with Crippen LogP contribution >= 0.6 is 11.8 Å². The molecular weight excluding hydrogens is 120 g/mol. The third-order valence-corrected chi connectivity index (χ3v) is 2.63. The SMILES string of the molecule is CN(N)C1CCSC1. The fraction of sp³-hybridized carbons (Fsp3) is 1.00. The van der Waals surface area contributed by atoms with Crippen LogP contribution in [0.5, 0.6) is 0 Å². The van der Waals surface area contributed by atoms with Crippen molar-refractivity contribution in [2.45, 2.75) is 12.5 Å². The van der Waals surface area contributed by atoms with Crippen molar-refractivity contribution in [3.63, 3.8) is 0 Å². The van der Waals surface area contributed by atoms with Crippen molar-refractivity contribution in [2.75, 3.05) is 18.6 Å². The average molecular weight is 132 g/mol. The van der Waals surface area contributed by atoms with Crippen LogP contribution in [0.3, 0.4) is 0 Å². The number of hydrazine groups is 1. The lowest BCUT2D eigenvalue weighted by molar-refractivity contribution is 0.271. The van der Waals surface area contributed by atoms with Crippen LogP contribution in [0.25, 0.3) is 0 Å². The smallest absolute Gasteiger partial charge is 0.0336 e. The monoisotopic (exact) mass is 132 g/mol. The summed E-state index contributed by atoms with van der Waals surface area (Å²) in [6, 6.07) is 0.639. The van der Waals surface area contributed by atoms with Gasteiger partial charge in [0.2, 0.25) is 0 Å². The Kier molecular flexibility index (Phi) is 2.16. The van der Waals surface area contributed by atoms with E-state index < -0.39 is 0 Å².